The molecule has 2 heterocycles. The van der Waals surface area contributed by atoms with Crippen LogP contribution in [-0.2, 0) is 13.1 Å². The quantitative estimate of drug-likeness (QED) is 0.245. The maximum atomic E-state index is 4.45. The number of likely N-dealkylation sites (tertiary alicyclic amines) is 1. The van der Waals surface area contributed by atoms with Crippen LogP contribution in [0.5, 0.6) is 0 Å². The maximum Gasteiger partial charge on any atom is 0.191 e. The summed E-state index contributed by atoms with van der Waals surface area (Å²) in [6.45, 7) is 6.76. The van der Waals surface area contributed by atoms with E-state index >= 15 is 0 Å². The number of rotatable bonds is 8. The number of aliphatic imine (C=N–C) groups is 1. The molecular weight excluding hydrogens is 523 g/mol. The topological polar surface area (TPSA) is 57.5 Å². The Morgan fingerprint density at radius 1 is 1.03 bits per heavy atom. The molecule has 176 valence electrons. The molecule has 2 aromatic carbocycles. The lowest BCUT2D eigenvalue weighted by Crippen LogP contribution is -2.42. The first kappa shape index (κ1) is 25.2. The van der Waals surface area contributed by atoms with Crippen LogP contribution < -0.4 is 10.6 Å². The average molecular weight is 559 g/mol. The third kappa shape index (κ3) is 7.04. The Morgan fingerprint density at radius 3 is 2.48 bits per heavy atom. The summed E-state index contributed by atoms with van der Waals surface area (Å²) in [5, 5.41) is 7.04. The van der Waals surface area contributed by atoms with Gasteiger partial charge in [-0.05, 0) is 49.5 Å². The first-order valence-electron chi connectivity index (χ1n) is 11.5. The Morgan fingerprint density at radius 2 is 1.79 bits per heavy atom. The number of hydrogen-bond acceptors (Lipinski definition) is 3. The second-order valence-corrected chi connectivity index (χ2v) is 8.40. The van der Waals surface area contributed by atoms with E-state index < -0.39 is 0 Å². The normalized spacial score (nSPS) is 15.2. The van der Waals surface area contributed by atoms with Crippen molar-refractivity contribution in [1.29, 1.82) is 0 Å². The van der Waals surface area contributed by atoms with Crippen LogP contribution in [0, 0.1) is 6.92 Å². The molecule has 0 radical (unpaired) electrons. The van der Waals surface area contributed by atoms with Gasteiger partial charge < -0.3 is 15.2 Å². The molecule has 6 nitrogen and oxygen atoms in total. The third-order valence-electron chi connectivity index (χ3n) is 6.18. The Kier molecular flexibility index (Phi) is 9.75. The number of halogens is 1. The van der Waals surface area contributed by atoms with E-state index in [4.69, 9.17) is 0 Å². The van der Waals surface area contributed by atoms with E-state index in [0.29, 0.717) is 6.04 Å². The summed E-state index contributed by atoms with van der Waals surface area (Å²) in [5.74, 6) is 1.87. The highest BCUT2D eigenvalue weighted by atomic mass is 127. The summed E-state index contributed by atoms with van der Waals surface area (Å²) < 4.78 is 2.16. The predicted molar refractivity (Wildman–Crippen MR) is 146 cm³/mol. The molecule has 1 aliphatic heterocycles. The standard InChI is InChI=1S/C26H34N6.HI/c1-21-28-13-16-32(21)20-23-10-8-9-22(17-23)18-29-26(27-2)30-19-25(31-14-6-7-15-31)24-11-4-3-5-12-24;/h3-5,8-13,16-17,25H,6-7,14-15,18-20H2,1-2H3,(H2,27,29,30);1H. The lowest BCUT2D eigenvalue weighted by molar-refractivity contribution is 0.245. The number of nitrogens with zero attached hydrogens (tertiary/aromatic N) is 4. The molecule has 1 unspecified atom stereocenters. The molecule has 1 aromatic heterocycles. The molecule has 3 aromatic rings. The second kappa shape index (κ2) is 12.7. The van der Waals surface area contributed by atoms with Crippen molar-refractivity contribution in [2.75, 3.05) is 26.7 Å². The number of aromatic nitrogens is 2. The van der Waals surface area contributed by atoms with E-state index in [1.165, 1.54) is 29.5 Å². The van der Waals surface area contributed by atoms with Crippen LogP contribution in [0.2, 0.25) is 0 Å². The van der Waals surface area contributed by atoms with Gasteiger partial charge >= 0.3 is 0 Å². The maximum absolute atomic E-state index is 4.45. The minimum Gasteiger partial charge on any atom is -0.354 e. The molecule has 4 rings (SSSR count). The van der Waals surface area contributed by atoms with Crippen LogP contribution in [0.25, 0.3) is 0 Å². The molecule has 0 aliphatic carbocycles. The highest BCUT2D eigenvalue weighted by molar-refractivity contribution is 14.0. The van der Waals surface area contributed by atoms with E-state index in [-0.39, 0.29) is 24.0 Å². The van der Waals surface area contributed by atoms with Gasteiger partial charge in [-0.2, -0.15) is 0 Å². The molecule has 33 heavy (non-hydrogen) atoms. The highest BCUT2D eigenvalue weighted by Gasteiger charge is 2.23. The van der Waals surface area contributed by atoms with Gasteiger partial charge in [-0.25, -0.2) is 4.98 Å². The zero-order valence-corrected chi connectivity index (χ0v) is 21.9. The van der Waals surface area contributed by atoms with E-state index in [0.717, 1.165) is 44.5 Å². The van der Waals surface area contributed by atoms with Crippen LogP contribution in [0.1, 0.15) is 41.4 Å². The fourth-order valence-electron chi connectivity index (χ4n) is 4.39. The number of imidazole rings is 1. The average Bonchev–Trinajstić information content (AvgIpc) is 3.49. The fraction of sp³-hybridized carbons (Fsp3) is 0.385. The first-order chi connectivity index (χ1) is 15.7. The summed E-state index contributed by atoms with van der Waals surface area (Å²) in [5.41, 5.74) is 3.87. The van der Waals surface area contributed by atoms with Gasteiger partial charge in [0, 0.05) is 39.1 Å². The minimum absolute atomic E-state index is 0. The molecule has 7 heteroatoms. The third-order valence-corrected chi connectivity index (χ3v) is 6.18. The van der Waals surface area contributed by atoms with Gasteiger partial charge in [0.1, 0.15) is 5.82 Å². The summed E-state index contributed by atoms with van der Waals surface area (Å²) >= 11 is 0. The van der Waals surface area contributed by atoms with Gasteiger partial charge in [-0.1, -0.05) is 54.6 Å². The molecule has 1 atom stereocenters. The van der Waals surface area contributed by atoms with Gasteiger partial charge in [0.05, 0.1) is 6.04 Å². The van der Waals surface area contributed by atoms with E-state index in [9.17, 15) is 0 Å². The Labute approximate surface area is 214 Å². The smallest absolute Gasteiger partial charge is 0.191 e. The summed E-state index contributed by atoms with van der Waals surface area (Å²) in [6, 6.07) is 19.8. The van der Waals surface area contributed by atoms with Crippen molar-refractivity contribution in [1.82, 2.24) is 25.1 Å². The van der Waals surface area contributed by atoms with E-state index in [1.807, 2.05) is 26.4 Å². The molecule has 1 fully saturated rings. The molecule has 0 saturated carbocycles. The predicted octanol–water partition coefficient (Wildman–Crippen LogP) is 4.36. The SMILES string of the molecule is CN=C(NCc1cccc(Cn2ccnc2C)c1)NCC(c1ccccc1)N1CCCC1.I. The molecular formula is C26H35IN6. The number of aryl methyl sites for hydroxylation is 1. The Balaban J connectivity index is 0.00000306. The van der Waals surface area contributed by atoms with Crippen LogP contribution in [-0.4, -0.2) is 47.1 Å². The van der Waals surface area contributed by atoms with Crippen molar-refractivity contribution < 1.29 is 0 Å². The van der Waals surface area contributed by atoms with Crippen molar-refractivity contribution in [3.63, 3.8) is 0 Å². The summed E-state index contributed by atoms with van der Waals surface area (Å²) in [7, 11) is 1.83. The van der Waals surface area contributed by atoms with E-state index in [1.54, 1.807) is 0 Å². The monoisotopic (exact) mass is 558 g/mol. The lowest BCUT2D eigenvalue weighted by atomic mass is 10.1. The minimum atomic E-state index is 0. The van der Waals surface area contributed by atoms with Crippen molar-refractivity contribution in [3.8, 4) is 0 Å². The largest absolute Gasteiger partial charge is 0.354 e. The van der Waals surface area contributed by atoms with Crippen molar-refractivity contribution in [3.05, 3.63) is 89.5 Å². The van der Waals surface area contributed by atoms with Crippen LogP contribution >= 0.6 is 24.0 Å². The number of nitrogens with one attached hydrogen (secondary N) is 2. The van der Waals surface area contributed by atoms with Gasteiger partial charge in [-0.15, -0.1) is 24.0 Å². The van der Waals surface area contributed by atoms with Crippen LogP contribution in [0.4, 0.5) is 0 Å². The number of benzene rings is 2. The van der Waals surface area contributed by atoms with Gasteiger partial charge in [0.2, 0.25) is 0 Å². The molecule has 0 spiro atoms. The first-order valence-corrected chi connectivity index (χ1v) is 11.5. The lowest BCUT2D eigenvalue weighted by Gasteiger charge is -2.29. The van der Waals surface area contributed by atoms with Crippen molar-refractivity contribution in [2.45, 2.75) is 38.9 Å². The van der Waals surface area contributed by atoms with E-state index in [2.05, 4.69) is 84.7 Å². The fourth-order valence-corrected chi connectivity index (χ4v) is 4.39. The molecule has 1 saturated heterocycles. The highest BCUT2D eigenvalue weighted by Crippen LogP contribution is 2.24. The zero-order valence-electron chi connectivity index (χ0n) is 19.6. The van der Waals surface area contributed by atoms with Crippen LogP contribution in [0.15, 0.2) is 72.0 Å². The van der Waals surface area contributed by atoms with Gasteiger partial charge in [-0.3, -0.25) is 9.89 Å². The second-order valence-electron chi connectivity index (χ2n) is 8.40. The van der Waals surface area contributed by atoms with Gasteiger partial charge in [0.15, 0.2) is 5.96 Å². The van der Waals surface area contributed by atoms with Gasteiger partial charge in [0.25, 0.3) is 0 Å². The molecule has 0 amide bonds. The Bertz CT molecular complexity index is 1010. The van der Waals surface area contributed by atoms with Crippen molar-refractivity contribution >= 4 is 29.9 Å². The van der Waals surface area contributed by atoms with Crippen LogP contribution in [0.3, 0.4) is 0 Å². The number of guanidine groups is 1. The molecule has 2 N–H and O–H groups in total. The number of hydrogen-bond donors (Lipinski definition) is 2. The van der Waals surface area contributed by atoms with Crippen molar-refractivity contribution in [2.24, 2.45) is 4.99 Å². The molecule has 1 aliphatic rings. The molecule has 0 bridgehead atoms. The zero-order chi connectivity index (χ0) is 22.2. The Hall–Kier alpha value is -2.39. The summed E-state index contributed by atoms with van der Waals surface area (Å²) in [6.07, 6.45) is 6.44. The summed E-state index contributed by atoms with van der Waals surface area (Å²) in [4.78, 5) is 11.3.